The Morgan fingerprint density at radius 1 is 1.28 bits per heavy atom. The van der Waals surface area contributed by atoms with Crippen LogP contribution in [0.25, 0.3) is 0 Å². The number of para-hydroxylation sites is 2. The zero-order valence-electron chi connectivity index (χ0n) is 14.2. The zero-order chi connectivity index (χ0) is 17.8. The van der Waals surface area contributed by atoms with Crippen LogP contribution in [0.2, 0.25) is 0 Å². The Morgan fingerprint density at radius 2 is 2.08 bits per heavy atom. The molecule has 7 nitrogen and oxygen atoms in total. The number of hydrogen-bond donors (Lipinski definition) is 2. The Morgan fingerprint density at radius 3 is 2.80 bits per heavy atom. The first kappa shape index (κ1) is 16.9. The van der Waals surface area contributed by atoms with Gasteiger partial charge < -0.3 is 24.7 Å². The summed E-state index contributed by atoms with van der Waals surface area (Å²) >= 11 is 0. The van der Waals surface area contributed by atoms with E-state index in [4.69, 9.17) is 9.15 Å². The number of nitrogens with one attached hydrogen (secondary N) is 2. The van der Waals surface area contributed by atoms with Crippen molar-refractivity contribution in [3.8, 4) is 5.75 Å². The topological polar surface area (TPSA) is 83.8 Å². The Labute approximate surface area is 145 Å². The molecule has 7 heteroatoms. The number of likely N-dealkylation sites (N-methyl/N-ethyl adjacent to an activating group) is 1. The van der Waals surface area contributed by atoms with Crippen LogP contribution in [0.3, 0.4) is 0 Å². The lowest BCUT2D eigenvalue weighted by Crippen LogP contribution is -2.50. The summed E-state index contributed by atoms with van der Waals surface area (Å²) in [4.78, 5) is 26.3. The van der Waals surface area contributed by atoms with E-state index in [-0.39, 0.29) is 24.4 Å². The summed E-state index contributed by atoms with van der Waals surface area (Å²) < 4.78 is 11.0. The molecule has 0 aliphatic carbocycles. The maximum atomic E-state index is 12.4. The van der Waals surface area contributed by atoms with Crippen molar-refractivity contribution in [3.63, 3.8) is 0 Å². The molecule has 3 rings (SSSR count). The van der Waals surface area contributed by atoms with Crippen LogP contribution in [0.4, 0.5) is 5.69 Å². The van der Waals surface area contributed by atoms with Crippen LogP contribution < -0.4 is 20.3 Å². The number of hydrogen-bond acceptors (Lipinski definition) is 5. The first-order valence-corrected chi connectivity index (χ1v) is 8.13. The maximum Gasteiger partial charge on any atom is 0.262 e. The molecule has 0 bridgehead atoms. The van der Waals surface area contributed by atoms with Crippen molar-refractivity contribution in [1.29, 1.82) is 0 Å². The lowest BCUT2D eigenvalue weighted by atomic mass is 10.1. The second kappa shape index (κ2) is 7.29. The second-order valence-electron chi connectivity index (χ2n) is 5.87. The van der Waals surface area contributed by atoms with Crippen molar-refractivity contribution in [3.05, 3.63) is 48.4 Å². The summed E-state index contributed by atoms with van der Waals surface area (Å²) in [7, 11) is 1.56. The minimum Gasteiger partial charge on any atom is -0.477 e. The molecule has 2 N–H and O–H groups in total. The summed E-state index contributed by atoms with van der Waals surface area (Å²) in [5.74, 6) is 0.910. The molecule has 2 heterocycles. The average Bonchev–Trinajstić information content (AvgIpc) is 3.15. The highest BCUT2D eigenvalue weighted by Gasteiger charge is 2.31. The van der Waals surface area contributed by atoms with Crippen LogP contribution in [-0.4, -0.2) is 38.1 Å². The van der Waals surface area contributed by atoms with Gasteiger partial charge in [0.2, 0.25) is 5.91 Å². The Kier molecular flexibility index (Phi) is 4.92. The van der Waals surface area contributed by atoms with Gasteiger partial charge in [-0.15, -0.1) is 0 Å². The van der Waals surface area contributed by atoms with Crippen LogP contribution in [0.15, 0.2) is 47.1 Å². The SMILES string of the molecule is CNC(=O)[C@@H]1CN(CC(=O)N[C@H](C)c2ccco2)c2ccccc2O1. The Hall–Kier alpha value is -2.96. The molecule has 0 spiro atoms. The number of carbonyl (C=O) groups is 2. The molecule has 132 valence electrons. The first-order valence-electron chi connectivity index (χ1n) is 8.13. The Balaban J connectivity index is 1.71. The predicted molar refractivity (Wildman–Crippen MR) is 92.4 cm³/mol. The minimum atomic E-state index is -0.657. The van der Waals surface area contributed by atoms with Crippen molar-refractivity contribution in [2.45, 2.75) is 19.1 Å². The number of benzene rings is 1. The molecule has 0 saturated carbocycles. The van der Waals surface area contributed by atoms with Gasteiger partial charge in [0.05, 0.1) is 31.1 Å². The third kappa shape index (κ3) is 3.76. The van der Waals surface area contributed by atoms with Crippen molar-refractivity contribution in [1.82, 2.24) is 10.6 Å². The third-order valence-electron chi connectivity index (χ3n) is 4.08. The Bertz CT molecular complexity index is 745. The lowest BCUT2D eigenvalue weighted by Gasteiger charge is -2.35. The lowest BCUT2D eigenvalue weighted by molar-refractivity contribution is -0.127. The molecule has 1 aromatic heterocycles. The number of nitrogens with zero attached hydrogens (tertiary/aromatic N) is 1. The van der Waals surface area contributed by atoms with Crippen molar-refractivity contribution in [2.24, 2.45) is 0 Å². The van der Waals surface area contributed by atoms with Crippen LogP contribution >= 0.6 is 0 Å². The first-order chi connectivity index (χ1) is 12.1. The summed E-state index contributed by atoms with van der Waals surface area (Å²) in [6, 6.07) is 10.7. The van der Waals surface area contributed by atoms with Crippen LogP contribution in [-0.2, 0) is 9.59 Å². The van der Waals surface area contributed by atoms with Crippen molar-refractivity contribution >= 4 is 17.5 Å². The van der Waals surface area contributed by atoms with Crippen LogP contribution in [0.5, 0.6) is 5.75 Å². The van der Waals surface area contributed by atoms with Gasteiger partial charge in [-0.2, -0.15) is 0 Å². The molecule has 25 heavy (non-hydrogen) atoms. The van der Waals surface area contributed by atoms with E-state index in [0.717, 1.165) is 5.69 Å². The van der Waals surface area contributed by atoms with Crippen molar-refractivity contribution < 1.29 is 18.7 Å². The number of fused-ring (bicyclic) bond motifs is 1. The van der Waals surface area contributed by atoms with Gasteiger partial charge in [0.25, 0.3) is 5.91 Å². The molecule has 0 unspecified atom stereocenters. The third-order valence-corrected chi connectivity index (χ3v) is 4.08. The fraction of sp³-hybridized carbons (Fsp3) is 0.333. The van der Waals surface area contributed by atoms with Crippen LogP contribution in [0, 0.1) is 0 Å². The van der Waals surface area contributed by atoms with Gasteiger partial charge in [-0.3, -0.25) is 9.59 Å². The van der Waals surface area contributed by atoms with E-state index in [0.29, 0.717) is 18.1 Å². The van der Waals surface area contributed by atoms with Gasteiger partial charge in [0.1, 0.15) is 11.5 Å². The quantitative estimate of drug-likeness (QED) is 0.859. The van der Waals surface area contributed by atoms with E-state index in [1.54, 1.807) is 25.4 Å². The standard InChI is InChI=1S/C18H21N3O4/c1-12(14-8-5-9-24-14)20-17(22)11-21-10-16(18(23)19-2)25-15-7-4-3-6-13(15)21/h3-9,12,16H,10-11H2,1-2H3,(H,19,23)(H,20,22)/t12-,16+/m1/s1. The predicted octanol–water partition coefficient (Wildman–Crippen LogP) is 1.47. The molecule has 0 radical (unpaired) electrons. The van der Waals surface area contributed by atoms with E-state index in [9.17, 15) is 9.59 Å². The molecule has 2 amide bonds. The summed E-state index contributed by atoms with van der Waals surface area (Å²) in [5.41, 5.74) is 0.795. The van der Waals surface area contributed by atoms with Gasteiger partial charge >= 0.3 is 0 Å². The average molecular weight is 343 g/mol. The number of amides is 2. The van der Waals surface area contributed by atoms with E-state index in [1.165, 1.54) is 0 Å². The normalized spacial score (nSPS) is 17.2. The number of furan rings is 1. The molecular weight excluding hydrogens is 322 g/mol. The highest BCUT2D eigenvalue weighted by Crippen LogP contribution is 2.32. The van der Waals surface area contributed by atoms with Gasteiger partial charge in [-0.05, 0) is 31.2 Å². The monoisotopic (exact) mass is 343 g/mol. The zero-order valence-corrected chi connectivity index (χ0v) is 14.2. The number of ether oxygens (including phenoxy) is 1. The molecule has 0 saturated heterocycles. The van der Waals surface area contributed by atoms with Gasteiger partial charge in [-0.1, -0.05) is 12.1 Å². The van der Waals surface area contributed by atoms with E-state index >= 15 is 0 Å². The largest absolute Gasteiger partial charge is 0.477 e. The van der Waals surface area contributed by atoms with Gasteiger partial charge in [0, 0.05) is 7.05 Å². The van der Waals surface area contributed by atoms with E-state index in [1.807, 2.05) is 36.1 Å². The molecule has 2 aromatic rings. The molecule has 1 aliphatic rings. The summed E-state index contributed by atoms with van der Waals surface area (Å²) in [6.07, 6.45) is 0.916. The van der Waals surface area contributed by atoms with Gasteiger partial charge in [-0.25, -0.2) is 0 Å². The molecule has 1 aromatic carbocycles. The summed E-state index contributed by atoms with van der Waals surface area (Å²) in [5, 5.41) is 5.49. The van der Waals surface area contributed by atoms with Crippen molar-refractivity contribution in [2.75, 3.05) is 25.0 Å². The number of anilines is 1. The molecule has 2 atom stereocenters. The van der Waals surface area contributed by atoms with Gasteiger partial charge in [0.15, 0.2) is 6.10 Å². The van der Waals surface area contributed by atoms with E-state index in [2.05, 4.69) is 10.6 Å². The molecule has 1 aliphatic heterocycles. The highest BCUT2D eigenvalue weighted by atomic mass is 16.5. The fourth-order valence-corrected chi connectivity index (χ4v) is 2.82. The molecular formula is C18H21N3O4. The maximum absolute atomic E-state index is 12.4. The van der Waals surface area contributed by atoms with E-state index < -0.39 is 6.10 Å². The number of carbonyl (C=O) groups excluding carboxylic acids is 2. The van der Waals surface area contributed by atoms with Crippen LogP contribution in [0.1, 0.15) is 18.7 Å². The second-order valence-corrected chi connectivity index (χ2v) is 5.87. The summed E-state index contributed by atoms with van der Waals surface area (Å²) in [6.45, 7) is 2.29. The fourth-order valence-electron chi connectivity index (χ4n) is 2.82. The minimum absolute atomic E-state index is 0.124. The smallest absolute Gasteiger partial charge is 0.262 e. The molecule has 0 fully saturated rings. The highest BCUT2D eigenvalue weighted by molar-refractivity contribution is 5.86. The number of rotatable bonds is 5.